The Bertz CT molecular complexity index is 378. The summed E-state index contributed by atoms with van der Waals surface area (Å²) in [7, 11) is 1.95. The fraction of sp³-hybridized carbons (Fsp3) is 0.500. The highest BCUT2D eigenvalue weighted by Gasteiger charge is 2.13. The van der Waals surface area contributed by atoms with Crippen molar-refractivity contribution in [1.82, 2.24) is 4.90 Å². The minimum absolute atomic E-state index is 0.329. The fourth-order valence-electron chi connectivity index (χ4n) is 1.78. The van der Waals surface area contributed by atoms with Gasteiger partial charge in [0.05, 0.1) is 5.92 Å². The lowest BCUT2D eigenvalue weighted by Crippen LogP contribution is -2.28. The molecule has 100 valence electrons. The summed E-state index contributed by atoms with van der Waals surface area (Å²) in [5.41, 5.74) is 1.22. The van der Waals surface area contributed by atoms with Crippen LogP contribution in [0.5, 0.6) is 0 Å². The highest BCUT2D eigenvalue weighted by molar-refractivity contribution is 7.99. The Morgan fingerprint density at radius 2 is 2.00 bits per heavy atom. The van der Waals surface area contributed by atoms with Gasteiger partial charge in [-0.25, -0.2) is 0 Å². The van der Waals surface area contributed by atoms with E-state index in [0.717, 1.165) is 12.3 Å². The number of rotatable bonds is 7. The zero-order valence-corrected chi connectivity index (χ0v) is 12.0. The Balaban J connectivity index is 2.48. The highest BCUT2D eigenvalue weighted by atomic mass is 32.2. The number of hydrogen-bond acceptors (Lipinski definition) is 3. The number of benzene rings is 1. The van der Waals surface area contributed by atoms with Crippen LogP contribution in [-0.4, -0.2) is 35.3 Å². The van der Waals surface area contributed by atoms with Crippen LogP contribution in [0.2, 0.25) is 0 Å². The van der Waals surface area contributed by atoms with Crippen molar-refractivity contribution < 1.29 is 9.90 Å². The summed E-state index contributed by atoms with van der Waals surface area (Å²) in [6.07, 6.45) is 0. The van der Waals surface area contributed by atoms with Gasteiger partial charge in [-0.1, -0.05) is 26.0 Å². The molecule has 1 rings (SSSR count). The number of thioether (sulfide) groups is 1. The van der Waals surface area contributed by atoms with Crippen molar-refractivity contribution in [2.24, 2.45) is 5.92 Å². The van der Waals surface area contributed by atoms with Crippen molar-refractivity contribution in [2.75, 3.05) is 19.3 Å². The molecular weight excluding hydrogens is 246 g/mol. The highest BCUT2D eigenvalue weighted by Crippen LogP contribution is 2.18. The zero-order chi connectivity index (χ0) is 13.5. The average Bonchev–Trinajstić information content (AvgIpc) is 2.31. The third-order valence-corrected chi connectivity index (χ3v) is 3.59. The van der Waals surface area contributed by atoms with E-state index in [1.165, 1.54) is 10.5 Å². The molecule has 3 nitrogen and oxygen atoms in total. The number of carboxylic acid groups (broad SMARTS) is 1. The molecule has 1 unspecified atom stereocenters. The number of carboxylic acids is 1. The third kappa shape index (κ3) is 5.10. The molecule has 0 spiro atoms. The standard InChI is InChI=1S/C14H21NO2S/c1-4-18-13-7-5-12(6-8-13)10-15(3)9-11(2)14(16)17/h5-8,11H,4,9-10H2,1-3H3,(H,16,17). The second-order valence-corrected chi connectivity index (χ2v) is 5.85. The summed E-state index contributed by atoms with van der Waals surface area (Å²) >= 11 is 1.83. The van der Waals surface area contributed by atoms with Gasteiger partial charge >= 0.3 is 5.97 Å². The van der Waals surface area contributed by atoms with Crippen molar-refractivity contribution in [1.29, 1.82) is 0 Å². The molecule has 1 aromatic rings. The maximum absolute atomic E-state index is 10.8. The van der Waals surface area contributed by atoms with Crippen molar-refractivity contribution in [3.05, 3.63) is 29.8 Å². The van der Waals surface area contributed by atoms with Gasteiger partial charge < -0.3 is 10.0 Å². The summed E-state index contributed by atoms with van der Waals surface area (Å²) < 4.78 is 0. The van der Waals surface area contributed by atoms with Gasteiger partial charge in [0.2, 0.25) is 0 Å². The lowest BCUT2D eigenvalue weighted by Gasteiger charge is -2.19. The number of nitrogens with zero attached hydrogens (tertiary/aromatic N) is 1. The summed E-state index contributed by atoms with van der Waals surface area (Å²) in [5, 5.41) is 8.86. The van der Waals surface area contributed by atoms with E-state index in [1.807, 2.05) is 23.7 Å². The van der Waals surface area contributed by atoms with Gasteiger partial charge in [0.1, 0.15) is 0 Å². The van der Waals surface area contributed by atoms with Crippen molar-refractivity contribution in [3.8, 4) is 0 Å². The van der Waals surface area contributed by atoms with Gasteiger partial charge in [-0.05, 0) is 30.5 Å². The van der Waals surface area contributed by atoms with Crippen molar-refractivity contribution in [2.45, 2.75) is 25.3 Å². The topological polar surface area (TPSA) is 40.5 Å². The molecule has 0 aliphatic carbocycles. The SMILES string of the molecule is CCSc1ccc(CN(C)CC(C)C(=O)O)cc1. The first-order valence-electron chi connectivity index (χ1n) is 6.16. The average molecular weight is 267 g/mol. The molecule has 4 heteroatoms. The largest absolute Gasteiger partial charge is 0.481 e. The van der Waals surface area contributed by atoms with Gasteiger partial charge in [0.15, 0.2) is 0 Å². The maximum Gasteiger partial charge on any atom is 0.307 e. The number of carbonyl (C=O) groups is 1. The Labute approximate surface area is 113 Å². The molecule has 0 radical (unpaired) electrons. The summed E-state index contributed by atoms with van der Waals surface area (Å²) in [6.45, 7) is 5.23. The maximum atomic E-state index is 10.8. The molecule has 0 saturated heterocycles. The van der Waals surface area contributed by atoms with Crippen LogP contribution in [-0.2, 0) is 11.3 Å². The Hall–Kier alpha value is -1.00. The summed E-state index contributed by atoms with van der Waals surface area (Å²) in [5.74, 6) is 0.0107. The smallest absolute Gasteiger partial charge is 0.307 e. The predicted octanol–water partition coefficient (Wildman–Crippen LogP) is 2.95. The van der Waals surface area contributed by atoms with Gasteiger partial charge in [0, 0.05) is 18.0 Å². The summed E-state index contributed by atoms with van der Waals surface area (Å²) in [6, 6.07) is 8.47. The molecule has 18 heavy (non-hydrogen) atoms. The normalized spacial score (nSPS) is 12.7. The molecule has 0 saturated carbocycles. The van der Waals surface area contributed by atoms with Crippen molar-refractivity contribution >= 4 is 17.7 Å². The third-order valence-electron chi connectivity index (χ3n) is 2.69. The quantitative estimate of drug-likeness (QED) is 0.771. The predicted molar refractivity (Wildman–Crippen MR) is 76.0 cm³/mol. The number of aliphatic carboxylic acids is 1. The van der Waals surface area contributed by atoms with Crippen LogP contribution >= 0.6 is 11.8 Å². The molecule has 0 bridgehead atoms. The molecule has 0 fully saturated rings. The monoisotopic (exact) mass is 267 g/mol. The second-order valence-electron chi connectivity index (χ2n) is 4.51. The van der Waals surface area contributed by atoms with E-state index in [1.54, 1.807) is 6.92 Å². The molecular formula is C14H21NO2S. The van der Waals surface area contributed by atoms with E-state index in [0.29, 0.717) is 6.54 Å². The van der Waals surface area contributed by atoms with Gasteiger partial charge in [-0.3, -0.25) is 4.79 Å². The fourth-order valence-corrected chi connectivity index (χ4v) is 2.44. The molecule has 0 aliphatic heterocycles. The molecule has 1 aromatic carbocycles. The van der Waals surface area contributed by atoms with Crippen LogP contribution in [0, 0.1) is 5.92 Å². The van der Waals surface area contributed by atoms with E-state index in [-0.39, 0.29) is 5.92 Å². The van der Waals surface area contributed by atoms with Crippen LogP contribution in [0.4, 0.5) is 0 Å². The summed E-state index contributed by atoms with van der Waals surface area (Å²) in [4.78, 5) is 14.1. The van der Waals surface area contributed by atoms with Gasteiger partial charge in [-0.2, -0.15) is 0 Å². The molecule has 1 atom stereocenters. The molecule has 0 aliphatic rings. The second kappa shape index (κ2) is 7.44. The number of hydrogen-bond donors (Lipinski definition) is 1. The van der Waals surface area contributed by atoms with Gasteiger partial charge in [0.25, 0.3) is 0 Å². The zero-order valence-electron chi connectivity index (χ0n) is 11.2. The Kier molecular flexibility index (Phi) is 6.22. The Morgan fingerprint density at radius 1 is 1.39 bits per heavy atom. The van der Waals surface area contributed by atoms with Gasteiger partial charge in [-0.15, -0.1) is 11.8 Å². The minimum atomic E-state index is -0.739. The molecule has 0 heterocycles. The first-order valence-corrected chi connectivity index (χ1v) is 7.14. The van der Waals surface area contributed by atoms with Crippen LogP contribution in [0.1, 0.15) is 19.4 Å². The molecule has 0 amide bonds. The Morgan fingerprint density at radius 3 is 2.50 bits per heavy atom. The van der Waals surface area contributed by atoms with Crippen LogP contribution in [0.25, 0.3) is 0 Å². The minimum Gasteiger partial charge on any atom is -0.481 e. The van der Waals surface area contributed by atoms with Crippen LogP contribution < -0.4 is 0 Å². The van der Waals surface area contributed by atoms with Crippen LogP contribution in [0.15, 0.2) is 29.2 Å². The van der Waals surface area contributed by atoms with E-state index in [2.05, 4.69) is 31.2 Å². The lowest BCUT2D eigenvalue weighted by molar-refractivity contribution is -0.141. The van der Waals surface area contributed by atoms with E-state index >= 15 is 0 Å². The van der Waals surface area contributed by atoms with Crippen molar-refractivity contribution in [3.63, 3.8) is 0 Å². The van der Waals surface area contributed by atoms with E-state index in [9.17, 15) is 4.79 Å². The van der Waals surface area contributed by atoms with E-state index < -0.39 is 5.97 Å². The molecule has 0 aromatic heterocycles. The first kappa shape index (κ1) is 15.1. The van der Waals surface area contributed by atoms with Crippen LogP contribution in [0.3, 0.4) is 0 Å². The first-order chi connectivity index (χ1) is 8.52. The van der Waals surface area contributed by atoms with E-state index in [4.69, 9.17) is 5.11 Å². The molecule has 1 N–H and O–H groups in total. The lowest BCUT2D eigenvalue weighted by atomic mass is 10.1.